The Morgan fingerprint density at radius 1 is 1.08 bits per heavy atom. The van der Waals surface area contributed by atoms with Crippen molar-refractivity contribution in [3.63, 3.8) is 0 Å². The molecule has 0 saturated heterocycles. The van der Waals surface area contributed by atoms with Crippen LogP contribution in [0.15, 0.2) is 12.2 Å². The lowest BCUT2D eigenvalue weighted by molar-refractivity contribution is -0.147. The molecule has 4 aliphatic rings. The zero-order valence-corrected chi connectivity index (χ0v) is 15.1. The second-order valence-electron chi connectivity index (χ2n) is 9.40. The molecule has 0 aliphatic heterocycles. The van der Waals surface area contributed by atoms with E-state index in [1.54, 1.807) is 6.08 Å². The summed E-state index contributed by atoms with van der Waals surface area (Å²) in [6.45, 7) is 6.58. The molecule has 4 aliphatic carbocycles. The Kier molecular flexibility index (Phi) is 3.62. The van der Waals surface area contributed by atoms with Gasteiger partial charge in [-0.1, -0.05) is 19.9 Å². The number of hydrogen-bond donors (Lipinski definition) is 1. The molecular formula is C21H30O3. The van der Waals surface area contributed by atoms with E-state index in [1.807, 2.05) is 6.92 Å². The summed E-state index contributed by atoms with van der Waals surface area (Å²) < 4.78 is 0. The number of allylic oxidation sites excluding steroid dienone is 2. The van der Waals surface area contributed by atoms with Crippen molar-refractivity contribution in [3.05, 3.63) is 12.2 Å². The standard InChI is InChI=1S/C21H30O3/c1-12(22)14-6-7-15-13-4-5-17-19(24)18(23)9-11-21(17,3)16(13)8-10-20(14,15)2/h9,11-17,22H,4-8,10H2,1-3H3/t12?,13-,14+,15-,16-,17?,20+,21+/m0/s1. The minimum absolute atomic E-state index is 0.102. The molecule has 0 aromatic rings. The Hall–Kier alpha value is -0.960. The fourth-order valence-electron chi connectivity index (χ4n) is 7.39. The third kappa shape index (κ3) is 2.00. The maximum absolute atomic E-state index is 12.4. The van der Waals surface area contributed by atoms with E-state index in [1.165, 1.54) is 6.42 Å². The molecule has 0 aromatic heterocycles. The molecule has 132 valence electrons. The monoisotopic (exact) mass is 330 g/mol. The van der Waals surface area contributed by atoms with E-state index in [-0.39, 0.29) is 34.4 Å². The van der Waals surface area contributed by atoms with Gasteiger partial charge in [0, 0.05) is 5.92 Å². The lowest BCUT2D eigenvalue weighted by atomic mass is 9.45. The Bertz CT molecular complexity index is 606. The van der Waals surface area contributed by atoms with Crippen molar-refractivity contribution < 1.29 is 14.7 Å². The molecule has 0 amide bonds. The van der Waals surface area contributed by atoms with Crippen molar-refractivity contribution in [1.29, 1.82) is 0 Å². The molecule has 3 nitrogen and oxygen atoms in total. The first kappa shape index (κ1) is 16.5. The lowest BCUT2D eigenvalue weighted by Crippen LogP contribution is -2.55. The van der Waals surface area contributed by atoms with Gasteiger partial charge in [0.2, 0.25) is 11.6 Å². The van der Waals surface area contributed by atoms with Crippen LogP contribution in [0, 0.1) is 40.4 Å². The molecule has 0 aromatic carbocycles. The summed E-state index contributed by atoms with van der Waals surface area (Å²) in [5.74, 6) is 1.67. The van der Waals surface area contributed by atoms with Crippen LogP contribution in [0.1, 0.15) is 59.3 Å². The van der Waals surface area contributed by atoms with E-state index in [2.05, 4.69) is 19.9 Å². The molecule has 24 heavy (non-hydrogen) atoms. The molecule has 4 rings (SSSR count). The number of carbonyl (C=O) groups is 2. The quantitative estimate of drug-likeness (QED) is 0.748. The summed E-state index contributed by atoms with van der Waals surface area (Å²) in [6.07, 6.45) is 9.94. The SMILES string of the molecule is CC(O)[C@H]1CC[C@H]2[C@@H]3CCC4C(=O)C(=O)C=C[C@]4(C)[C@H]3CC[C@]12C. The topological polar surface area (TPSA) is 54.4 Å². The van der Waals surface area contributed by atoms with Gasteiger partial charge in [-0.05, 0) is 86.0 Å². The Morgan fingerprint density at radius 3 is 2.54 bits per heavy atom. The van der Waals surface area contributed by atoms with E-state index in [0.29, 0.717) is 23.7 Å². The Balaban J connectivity index is 1.68. The zero-order valence-electron chi connectivity index (χ0n) is 15.1. The molecule has 3 saturated carbocycles. The van der Waals surface area contributed by atoms with Gasteiger partial charge in [-0.2, -0.15) is 0 Å². The highest BCUT2D eigenvalue weighted by Gasteiger charge is 2.61. The van der Waals surface area contributed by atoms with Gasteiger partial charge in [0.15, 0.2) is 0 Å². The van der Waals surface area contributed by atoms with Gasteiger partial charge in [-0.25, -0.2) is 0 Å². The first-order valence-corrected chi connectivity index (χ1v) is 9.74. The van der Waals surface area contributed by atoms with Gasteiger partial charge in [-0.15, -0.1) is 0 Å². The predicted molar refractivity (Wildman–Crippen MR) is 92.2 cm³/mol. The van der Waals surface area contributed by atoms with Crippen LogP contribution in [0.3, 0.4) is 0 Å². The molecule has 1 N–H and O–H groups in total. The van der Waals surface area contributed by atoms with E-state index in [4.69, 9.17) is 0 Å². The summed E-state index contributed by atoms with van der Waals surface area (Å²) in [5.41, 5.74) is 0.106. The number of Topliss-reactive ketones (excluding diaryl/α,β-unsaturated/α-hetero) is 1. The molecule has 0 heterocycles. The number of hydrogen-bond acceptors (Lipinski definition) is 3. The number of aliphatic hydroxyl groups excluding tert-OH is 1. The van der Waals surface area contributed by atoms with E-state index >= 15 is 0 Å². The fraction of sp³-hybridized carbons (Fsp3) is 0.810. The first-order valence-electron chi connectivity index (χ1n) is 9.74. The number of aliphatic hydroxyl groups is 1. The molecular weight excluding hydrogens is 300 g/mol. The molecule has 8 atom stereocenters. The fourth-order valence-corrected chi connectivity index (χ4v) is 7.39. The smallest absolute Gasteiger partial charge is 0.221 e. The van der Waals surface area contributed by atoms with Gasteiger partial charge >= 0.3 is 0 Å². The average molecular weight is 330 g/mol. The second kappa shape index (κ2) is 5.27. The van der Waals surface area contributed by atoms with Gasteiger partial charge < -0.3 is 5.11 Å². The van der Waals surface area contributed by atoms with Crippen LogP contribution in [0.2, 0.25) is 0 Å². The maximum atomic E-state index is 12.4. The summed E-state index contributed by atoms with van der Waals surface area (Å²) in [7, 11) is 0. The van der Waals surface area contributed by atoms with Crippen LogP contribution in [-0.2, 0) is 9.59 Å². The first-order chi connectivity index (χ1) is 11.3. The van der Waals surface area contributed by atoms with Gasteiger partial charge in [-0.3, -0.25) is 9.59 Å². The van der Waals surface area contributed by atoms with Crippen molar-refractivity contribution in [1.82, 2.24) is 0 Å². The summed E-state index contributed by atoms with van der Waals surface area (Å²) >= 11 is 0. The summed E-state index contributed by atoms with van der Waals surface area (Å²) in [5, 5.41) is 10.3. The van der Waals surface area contributed by atoms with Crippen molar-refractivity contribution in [2.45, 2.75) is 65.4 Å². The lowest BCUT2D eigenvalue weighted by Gasteiger charge is -2.58. The third-order valence-electron chi connectivity index (χ3n) is 8.58. The third-order valence-corrected chi connectivity index (χ3v) is 8.58. The summed E-state index contributed by atoms with van der Waals surface area (Å²) in [4.78, 5) is 24.3. The van der Waals surface area contributed by atoms with Crippen molar-refractivity contribution in [2.75, 3.05) is 0 Å². The van der Waals surface area contributed by atoms with E-state index in [9.17, 15) is 14.7 Å². The number of carbonyl (C=O) groups excluding carboxylic acids is 2. The van der Waals surface area contributed by atoms with Gasteiger partial charge in [0.05, 0.1) is 6.10 Å². The van der Waals surface area contributed by atoms with E-state index < -0.39 is 0 Å². The summed E-state index contributed by atoms with van der Waals surface area (Å²) in [6, 6.07) is 0. The highest BCUT2D eigenvalue weighted by molar-refractivity contribution is 6.43. The molecule has 0 bridgehead atoms. The van der Waals surface area contributed by atoms with Crippen molar-refractivity contribution in [3.8, 4) is 0 Å². The van der Waals surface area contributed by atoms with E-state index in [0.717, 1.165) is 32.1 Å². The number of rotatable bonds is 1. The van der Waals surface area contributed by atoms with Crippen molar-refractivity contribution >= 4 is 11.6 Å². The number of ketones is 2. The largest absolute Gasteiger partial charge is 0.393 e. The van der Waals surface area contributed by atoms with Crippen molar-refractivity contribution in [2.24, 2.45) is 40.4 Å². The van der Waals surface area contributed by atoms with Crippen LogP contribution in [-0.4, -0.2) is 22.8 Å². The van der Waals surface area contributed by atoms with Crippen LogP contribution in [0.5, 0.6) is 0 Å². The zero-order chi connectivity index (χ0) is 17.3. The highest BCUT2D eigenvalue weighted by atomic mass is 16.3. The molecule has 0 radical (unpaired) electrons. The van der Waals surface area contributed by atoms with Gasteiger partial charge in [0.1, 0.15) is 0 Å². The van der Waals surface area contributed by atoms with Crippen LogP contribution < -0.4 is 0 Å². The highest BCUT2D eigenvalue weighted by Crippen LogP contribution is 2.66. The normalized spacial score (nSPS) is 51.8. The van der Waals surface area contributed by atoms with Crippen LogP contribution in [0.4, 0.5) is 0 Å². The predicted octanol–water partition coefficient (Wildman–Crippen LogP) is 3.55. The van der Waals surface area contributed by atoms with Gasteiger partial charge in [0.25, 0.3) is 0 Å². The minimum atomic E-state index is -0.299. The second-order valence-corrected chi connectivity index (χ2v) is 9.40. The average Bonchev–Trinajstić information content (AvgIpc) is 2.89. The number of fused-ring (bicyclic) bond motifs is 5. The van der Waals surface area contributed by atoms with Crippen LogP contribution in [0.25, 0.3) is 0 Å². The molecule has 3 fully saturated rings. The van der Waals surface area contributed by atoms with Crippen LogP contribution >= 0.6 is 0 Å². The molecule has 2 unspecified atom stereocenters. The Labute approximate surface area is 144 Å². The maximum Gasteiger partial charge on any atom is 0.221 e. The molecule has 3 heteroatoms. The Morgan fingerprint density at radius 2 is 1.83 bits per heavy atom. The molecule has 0 spiro atoms. The minimum Gasteiger partial charge on any atom is -0.393 e.